The third kappa shape index (κ3) is 5.16. The van der Waals surface area contributed by atoms with Crippen molar-refractivity contribution in [2.24, 2.45) is 10.9 Å². The van der Waals surface area contributed by atoms with E-state index in [1.54, 1.807) is 32.4 Å². The summed E-state index contributed by atoms with van der Waals surface area (Å²) in [4.78, 5) is 18.3. The number of halogens is 1. The van der Waals surface area contributed by atoms with E-state index in [4.69, 9.17) is 21.1 Å². The smallest absolute Gasteiger partial charge is 0.251 e. The highest BCUT2D eigenvalue weighted by atomic mass is 35.5. The third-order valence-corrected chi connectivity index (χ3v) is 9.17. The van der Waals surface area contributed by atoms with Gasteiger partial charge in [-0.2, -0.15) is 9.30 Å². The fourth-order valence-corrected chi connectivity index (χ4v) is 6.72. The molecule has 0 N–H and O–H groups in total. The number of carbonyl (C=O) groups excluding carboxylic acids is 1. The number of piperidine rings is 1. The average Bonchev–Trinajstić information content (AvgIpc) is 3.19. The van der Waals surface area contributed by atoms with Gasteiger partial charge in [-0.05, 0) is 37.1 Å². The van der Waals surface area contributed by atoms with Gasteiger partial charge in [0.05, 0.1) is 29.3 Å². The minimum Gasteiger partial charge on any atom is -0.493 e. The summed E-state index contributed by atoms with van der Waals surface area (Å²) in [5.41, 5.74) is 0.864. The molecule has 1 aromatic heterocycles. The highest BCUT2D eigenvalue weighted by Crippen LogP contribution is 2.33. The first-order valence-electron chi connectivity index (χ1n) is 11.0. The van der Waals surface area contributed by atoms with E-state index in [2.05, 4.69) is 11.6 Å². The Morgan fingerprint density at radius 2 is 1.80 bits per heavy atom. The Hall–Kier alpha value is -2.66. The lowest BCUT2D eigenvalue weighted by Crippen LogP contribution is -2.40. The summed E-state index contributed by atoms with van der Waals surface area (Å²) in [5, 5.41) is 0.474. The molecule has 3 aromatic rings. The summed E-state index contributed by atoms with van der Waals surface area (Å²) in [6.07, 6.45) is 2.55. The van der Waals surface area contributed by atoms with Crippen molar-refractivity contribution in [2.45, 2.75) is 24.3 Å². The van der Waals surface area contributed by atoms with E-state index in [9.17, 15) is 13.2 Å². The van der Waals surface area contributed by atoms with Gasteiger partial charge >= 0.3 is 0 Å². The van der Waals surface area contributed by atoms with E-state index in [1.165, 1.54) is 27.8 Å². The van der Waals surface area contributed by atoms with Crippen molar-refractivity contribution in [3.63, 3.8) is 0 Å². The Morgan fingerprint density at radius 1 is 1.17 bits per heavy atom. The van der Waals surface area contributed by atoms with Crippen LogP contribution in [-0.4, -0.2) is 50.5 Å². The second kappa shape index (κ2) is 10.5. The van der Waals surface area contributed by atoms with Crippen LogP contribution in [0.3, 0.4) is 0 Å². The predicted octanol–water partition coefficient (Wildman–Crippen LogP) is 4.09. The zero-order valence-corrected chi connectivity index (χ0v) is 21.8. The first kappa shape index (κ1) is 25.4. The molecule has 4 rings (SSSR count). The molecule has 8 nitrogen and oxygen atoms in total. The standard InChI is InChI=1S/C24H26ClN3O5S2/c1-4-11-28-19-14-20(32-2)21(33-3)15-22(19)34-24(28)26-23(29)16-9-12-27(13-10-16)35(30,31)18-7-5-17(25)6-8-18/h4-8,14-16H,1,9-13H2,2-3H3. The van der Waals surface area contributed by atoms with E-state index in [0.29, 0.717) is 40.7 Å². The maximum Gasteiger partial charge on any atom is 0.251 e. The minimum atomic E-state index is -3.64. The first-order valence-corrected chi connectivity index (χ1v) is 13.6. The van der Waals surface area contributed by atoms with Crippen LogP contribution in [0.2, 0.25) is 5.02 Å². The molecule has 1 aliphatic rings. The fourth-order valence-electron chi connectivity index (χ4n) is 4.07. The summed E-state index contributed by atoms with van der Waals surface area (Å²) in [5.74, 6) is 0.580. The van der Waals surface area contributed by atoms with Crippen LogP contribution in [0.1, 0.15) is 12.8 Å². The summed E-state index contributed by atoms with van der Waals surface area (Å²) < 4.78 is 40.9. The van der Waals surface area contributed by atoms with E-state index in [1.807, 2.05) is 16.7 Å². The second-order valence-electron chi connectivity index (χ2n) is 8.04. The lowest BCUT2D eigenvalue weighted by molar-refractivity contribution is -0.122. The maximum atomic E-state index is 13.1. The highest BCUT2D eigenvalue weighted by molar-refractivity contribution is 7.89. The Morgan fingerprint density at radius 3 is 2.40 bits per heavy atom. The monoisotopic (exact) mass is 535 g/mol. The molecule has 0 spiro atoms. The number of fused-ring (bicyclic) bond motifs is 1. The number of carbonyl (C=O) groups is 1. The molecule has 186 valence electrons. The van der Waals surface area contributed by atoms with Gasteiger partial charge in [0, 0.05) is 42.7 Å². The molecule has 2 heterocycles. The Labute approximate surface area is 213 Å². The molecular formula is C24H26ClN3O5S2. The van der Waals surface area contributed by atoms with Gasteiger partial charge in [-0.15, -0.1) is 6.58 Å². The van der Waals surface area contributed by atoms with Crippen LogP contribution in [0.4, 0.5) is 0 Å². The maximum absolute atomic E-state index is 13.1. The quantitative estimate of drug-likeness (QED) is 0.425. The van der Waals surface area contributed by atoms with Crippen LogP contribution >= 0.6 is 22.9 Å². The number of allylic oxidation sites excluding steroid dienone is 1. The van der Waals surface area contributed by atoms with Crippen molar-refractivity contribution in [3.8, 4) is 11.5 Å². The predicted molar refractivity (Wildman–Crippen MR) is 137 cm³/mol. The van der Waals surface area contributed by atoms with Crippen LogP contribution in [0.5, 0.6) is 11.5 Å². The Balaban J connectivity index is 1.57. The number of benzene rings is 2. The molecule has 1 amide bonds. The Kier molecular flexibility index (Phi) is 7.65. The number of aromatic nitrogens is 1. The zero-order valence-electron chi connectivity index (χ0n) is 19.4. The van der Waals surface area contributed by atoms with E-state index in [-0.39, 0.29) is 29.8 Å². The molecule has 1 fully saturated rings. The number of amides is 1. The average molecular weight is 536 g/mol. The number of hydrogen-bond acceptors (Lipinski definition) is 6. The van der Waals surface area contributed by atoms with E-state index >= 15 is 0 Å². The van der Waals surface area contributed by atoms with Gasteiger partial charge in [0.1, 0.15) is 0 Å². The van der Waals surface area contributed by atoms with Crippen molar-refractivity contribution in [2.75, 3.05) is 27.3 Å². The minimum absolute atomic E-state index is 0.193. The van der Waals surface area contributed by atoms with E-state index in [0.717, 1.165) is 10.2 Å². The molecule has 0 aliphatic carbocycles. The number of methoxy groups -OCH3 is 2. The lowest BCUT2D eigenvalue weighted by Gasteiger charge is -2.29. The zero-order chi connectivity index (χ0) is 25.2. The van der Waals surface area contributed by atoms with Gasteiger partial charge in [-0.25, -0.2) is 8.42 Å². The van der Waals surface area contributed by atoms with E-state index < -0.39 is 10.0 Å². The largest absolute Gasteiger partial charge is 0.493 e. The number of nitrogens with zero attached hydrogens (tertiary/aromatic N) is 3. The summed E-state index contributed by atoms with van der Waals surface area (Å²) in [7, 11) is -0.491. The molecule has 0 saturated carbocycles. The van der Waals surface area contributed by atoms with Gasteiger partial charge in [-0.1, -0.05) is 29.0 Å². The van der Waals surface area contributed by atoms with Gasteiger partial charge in [0.2, 0.25) is 10.0 Å². The number of hydrogen-bond donors (Lipinski definition) is 0. The van der Waals surface area contributed by atoms with Gasteiger partial charge in [0.15, 0.2) is 16.3 Å². The molecule has 1 saturated heterocycles. The SMILES string of the molecule is C=CCn1c(=NC(=O)C2CCN(S(=O)(=O)c3ccc(Cl)cc3)CC2)sc2cc(OC)c(OC)cc21. The lowest BCUT2D eigenvalue weighted by atomic mass is 9.98. The van der Waals surface area contributed by atoms with Crippen molar-refractivity contribution >= 4 is 49.1 Å². The van der Waals surface area contributed by atoms with Crippen molar-refractivity contribution in [3.05, 3.63) is 58.9 Å². The normalized spacial score (nSPS) is 15.9. The number of sulfonamides is 1. The first-order chi connectivity index (χ1) is 16.8. The topological polar surface area (TPSA) is 90.2 Å². The molecule has 1 aliphatic heterocycles. The number of ether oxygens (including phenoxy) is 2. The number of rotatable bonds is 7. The fraction of sp³-hybridized carbons (Fsp3) is 0.333. The molecule has 2 aromatic carbocycles. The highest BCUT2D eigenvalue weighted by Gasteiger charge is 2.32. The molecule has 11 heteroatoms. The van der Waals surface area contributed by atoms with Gasteiger partial charge in [0.25, 0.3) is 5.91 Å². The Bertz CT molecular complexity index is 1420. The van der Waals surface area contributed by atoms with Gasteiger partial charge in [-0.3, -0.25) is 4.79 Å². The van der Waals surface area contributed by atoms with Crippen LogP contribution in [0.25, 0.3) is 10.2 Å². The molecule has 0 radical (unpaired) electrons. The second-order valence-corrected chi connectivity index (χ2v) is 11.4. The van der Waals surface area contributed by atoms with Gasteiger partial charge < -0.3 is 14.0 Å². The van der Waals surface area contributed by atoms with Crippen molar-refractivity contribution < 1.29 is 22.7 Å². The van der Waals surface area contributed by atoms with Crippen LogP contribution in [0, 0.1) is 5.92 Å². The number of thiazole rings is 1. The molecule has 35 heavy (non-hydrogen) atoms. The van der Waals surface area contributed by atoms with Crippen LogP contribution in [0.15, 0.2) is 58.9 Å². The van der Waals surface area contributed by atoms with Crippen LogP contribution < -0.4 is 14.3 Å². The summed E-state index contributed by atoms with van der Waals surface area (Å²) in [6.45, 7) is 4.80. The summed E-state index contributed by atoms with van der Waals surface area (Å²) in [6, 6.07) is 9.82. The molecule has 0 unspecified atom stereocenters. The van der Waals surface area contributed by atoms with Crippen molar-refractivity contribution in [1.29, 1.82) is 0 Å². The molecule has 0 atom stereocenters. The van der Waals surface area contributed by atoms with Crippen LogP contribution in [-0.2, 0) is 21.4 Å². The summed E-state index contributed by atoms with van der Waals surface area (Å²) >= 11 is 7.26. The molecular weight excluding hydrogens is 510 g/mol. The van der Waals surface area contributed by atoms with Crippen molar-refractivity contribution in [1.82, 2.24) is 8.87 Å². The molecule has 0 bridgehead atoms. The third-order valence-electron chi connectivity index (χ3n) is 5.96.